The number of benzene rings is 1. The Bertz CT molecular complexity index is 497. The second-order valence-electron chi connectivity index (χ2n) is 3.92. The first kappa shape index (κ1) is 11.9. The van der Waals surface area contributed by atoms with Crippen molar-refractivity contribution < 1.29 is 17.9 Å². The SMILES string of the molecule is O=C(Nc1ccccc1)O[C@@H]1CCS(=O)(=O)C1. The molecule has 1 aliphatic heterocycles. The van der Waals surface area contributed by atoms with Gasteiger partial charge in [-0.1, -0.05) is 18.2 Å². The second kappa shape index (κ2) is 4.75. The van der Waals surface area contributed by atoms with Crippen LogP contribution in [0, 0.1) is 0 Å². The number of sulfone groups is 1. The van der Waals surface area contributed by atoms with Gasteiger partial charge in [0, 0.05) is 5.69 Å². The van der Waals surface area contributed by atoms with Crippen LogP contribution in [-0.4, -0.2) is 32.1 Å². The summed E-state index contributed by atoms with van der Waals surface area (Å²) in [6.07, 6.45) is -0.758. The number of amides is 1. The van der Waals surface area contributed by atoms with Gasteiger partial charge in [0.2, 0.25) is 0 Å². The van der Waals surface area contributed by atoms with E-state index in [0.717, 1.165) is 0 Å². The van der Waals surface area contributed by atoms with Gasteiger partial charge in [0.25, 0.3) is 0 Å². The Morgan fingerprint density at radius 3 is 2.59 bits per heavy atom. The summed E-state index contributed by atoms with van der Waals surface area (Å²) in [5, 5.41) is 2.54. The number of ether oxygens (including phenoxy) is 1. The minimum absolute atomic E-state index is 0.0742. The molecule has 1 atom stereocenters. The van der Waals surface area contributed by atoms with E-state index < -0.39 is 22.0 Å². The monoisotopic (exact) mass is 255 g/mol. The topological polar surface area (TPSA) is 72.5 Å². The predicted octanol–water partition coefficient (Wildman–Crippen LogP) is 1.42. The average Bonchev–Trinajstić information content (AvgIpc) is 2.59. The van der Waals surface area contributed by atoms with Crippen molar-refractivity contribution in [2.24, 2.45) is 0 Å². The van der Waals surface area contributed by atoms with Crippen LogP contribution in [0.25, 0.3) is 0 Å². The Morgan fingerprint density at radius 1 is 1.29 bits per heavy atom. The lowest BCUT2D eigenvalue weighted by atomic mass is 10.3. The van der Waals surface area contributed by atoms with E-state index >= 15 is 0 Å². The molecule has 6 heteroatoms. The lowest BCUT2D eigenvalue weighted by Crippen LogP contribution is -2.23. The zero-order valence-electron chi connectivity index (χ0n) is 9.13. The molecule has 2 rings (SSSR count). The molecule has 0 radical (unpaired) electrons. The number of hydrogen-bond acceptors (Lipinski definition) is 4. The Labute approximate surface area is 99.7 Å². The van der Waals surface area contributed by atoms with Crippen LogP contribution in [0.1, 0.15) is 6.42 Å². The fourth-order valence-electron chi connectivity index (χ4n) is 1.67. The lowest BCUT2D eigenvalue weighted by Gasteiger charge is -2.11. The highest BCUT2D eigenvalue weighted by atomic mass is 32.2. The van der Waals surface area contributed by atoms with Crippen LogP contribution in [-0.2, 0) is 14.6 Å². The number of para-hydroxylation sites is 1. The summed E-state index contributed by atoms with van der Waals surface area (Å²) in [6.45, 7) is 0. The summed E-state index contributed by atoms with van der Waals surface area (Å²) in [7, 11) is -3.02. The van der Waals surface area contributed by atoms with Crippen molar-refractivity contribution in [3.8, 4) is 0 Å². The van der Waals surface area contributed by atoms with E-state index in [9.17, 15) is 13.2 Å². The van der Waals surface area contributed by atoms with Crippen LogP contribution in [0.15, 0.2) is 30.3 Å². The molecule has 0 unspecified atom stereocenters. The number of rotatable bonds is 2. The van der Waals surface area contributed by atoms with Crippen LogP contribution in [0.4, 0.5) is 10.5 Å². The van der Waals surface area contributed by atoms with Crippen molar-refractivity contribution >= 4 is 21.6 Å². The molecule has 1 heterocycles. The van der Waals surface area contributed by atoms with Crippen molar-refractivity contribution in [3.63, 3.8) is 0 Å². The third-order valence-corrected chi connectivity index (χ3v) is 4.22. The van der Waals surface area contributed by atoms with Gasteiger partial charge < -0.3 is 4.74 Å². The fourth-order valence-corrected chi connectivity index (χ4v) is 3.26. The van der Waals surface area contributed by atoms with E-state index in [0.29, 0.717) is 12.1 Å². The fraction of sp³-hybridized carbons (Fsp3) is 0.364. The number of nitrogens with one attached hydrogen (secondary N) is 1. The zero-order chi connectivity index (χ0) is 12.3. The molecule has 0 aliphatic carbocycles. The highest BCUT2D eigenvalue weighted by Crippen LogP contribution is 2.15. The molecule has 1 aromatic rings. The molecule has 17 heavy (non-hydrogen) atoms. The molecular formula is C11H13NO4S. The standard InChI is InChI=1S/C11H13NO4S/c13-11(12-9-4-2-1-3-5-9)16-10-6-7-17(14,15)8-10/h1-5,10H,6-8H2,(H,12,13)/t10-/m1/s1. The minimum atomic E-state index is -3.02. The van der Waals surface area contributed by atoms with Gasteiger partial charge in [-0.05, 0) is 18.6 Å². The Balaban J connectivity index is 1.87. The molecular weight excluding hydrogens is 242 g/mol. The highest BCUT2D eigenvalue weighted by molar-refractivity contribution is 7.91. The van der Waals surface area contributed by atoms with Crippen molar-refractivity contribution in [1.82, 2.24) is 0 Å². The molecule has 1 aromatic carbocycles. The van der Waals surface area contributed by atoms with Crippen molar-refractivity contribution in [1.29, 1.82) is 0 Å². The molecule has 92 valence electrons. The number of carbonyl (C=O) groups excluding carboxylic acids is 1. The average molecular weight is 255 g/mol. The highest BCUT2D eigenvalue weighted by Gasteiger charge is 2.30. The van der Waals surface area contributed by atoms with Crippen molar-refractivity contribution in [3.05, 3.63) is 30.3 Å². The molecule has 1 aliphatic rings. The summed E-state index contributed by atoms with van der Waals surface area (Å²) >= 11 is 0. The Morgan fingerprint density at radius 2 is 2.00 bits per heavy atom. The maximum atomic E-state index is 11.5. The quantitative estimate of drug-likeness (QED) is 0.867. The molecule has 5 nitrogen and oxygen atoms in total. The van der Waals surface area contributed by atoms with E-state index in [2.05, 4.69) is 5.32 Å². The second-order valence-corrected chi connectivity index (χ2v) is 6.15. The van der Waals surface area contributed by atoms with Crippen LogP contribution in [0.3, 0.4) is 0 Å². The van der Waals surface area contributed by atoms with E-state index in [1.165, 1.54) is 0 Å². The summed E-state index contributed by atoms with van der Waals surface area (Å²) < 4.78 is 27.4. The minimum Gasteiger partial charge on any atom is -0.445 e. The van der Waals surface area contributed by atoms with Gasteiger partial charge in [-0.15, -0.1) is 0 Å². The van der Waals surface area contributed by atoms with Gasteiger partial charge in [-0.2, -0.15) is 0 Å². The summed E-state index contributed by atoms with van der Waals surface area (Å²) in [6, 6.07) is 8.87. The molecule has 1 fully saturated rings. The van der Waals surface area contributed by atoms with Crippen LogP contribution >= 0.6 is 0 Å². The van der Waals surface area contributed by atoms with Crippen LogP contribution in [0.2, 0.25) is 0 Å². The molecule has 1 N–H and O–H groups in total. The van der Waals surface area contributed by atoms with Gasteiger partial charge in [0.15, 0.2) is 9.84 Å². The molecule has 0 aromatic heterocycles. The maximum Gasteiger partial charge on any atom is 0.411 e. The first-order valence-corrected chi connectivity index (χ1v) is 7.10. The smallest absolute Gasteiger partial charge is 0.411 e. The lowest BCUT2D eigenvalue weighted by molar-refractivity contribution is 0.124. The van der Waals surface area contributed by atoms with E-state index in [1.807, 2.05) is 6.07 Å². The van der Waals surface area contributed by atoms with Crippen LogP contribution in [0.5, 0.6) is 0 Å². The summed E-state index contributed by atoms with van der Waals surface area (Å²) in [5.74, 6) is 0.0193. The van der Waals surface area contributed by atoms with Gasteiger partial charge in [0.1, 0.15) is 6.10 Å². The Kier molecular flexibility index (Phi) is 3.33. The van der Waals surface area contributed by atoms with E-state index in [1.54, 1.807) is 24.3 Å². The molecule has 1 amide bonds. The van der Waals surface area contributed by atoms with Gasteiger partial charge >= 0.3 is 6.09 Å². The van der Waals surface area contributed by atoms with Crippen molar-refractivity contribution in [2.45, 2.75) is 12.5 Å². The number of anilines is 1. The summed E-state index contributed by atoms with van der Waals surface area (Å²) in [4.78, 5) is 11.5. The number of carbonyl (C=O) groups is 1. The molecule has 0 spiro atoms. The van der Waals surface area contributed by atoms with Crippen molar-refractivity contribution in [2.75, 3.05) is 16.8 Å². The van der Waals surface area contributed by atoms with Gasteiger partial charge in [-0.25, -0.2) is 13.2 Å². The molecule has 0 saturated carbocycles. The molecule has 1 saturated heterocycles. The van der Waals surface area contributed by atoms with E-state index in [4.69, 9.17) is 4.74 Å². The third kappa shape index (κ3) is 3.45. The van der Waals surface area contributed by atoms with Crippen LogP contribution < -0.4 is 5.32 Å². The Hall–Kier alpha value is -1.56. The van der Waals surface area contributed by atoms with Gasteiger partial charge in [-0.3, -0.25) is 5.32 Å². The number of hydrogen-bond donors (Lipinski definition) is 1. The summed E-state index contributed by atoms with van der Waals surface area (Å²) in [5.41, 5.74) is 0.623. The first-order valence-electron chi connectivity index (χ1n) is 5.28. The first-order chi connectivity index (χ1) is 8.05. The van der Waals surface area contributed by atoms with E-state index in [-0.39, 0.29) is 11.5 Å². The normalized spacial score (nSPS) is 22.0. The molecule has 0 bridgehead atoms. The maximum absolute atomic E-state index is 11.5. The predicted molar refractivity (Wildman–Crippen MR) is 63.6 cm³/mol. The third-order valence-electron chi connectivity index (χ3n) is 2.48. The zero-order valence-corrected chi connectivity index (χ0v) is 9.94. The van der Waals surface area contributed by atoms with Gasteiger partial charge in [0.05, 0.1) is 11.5 Å². The largest absolute Gasteiger partial charge is 0.445 e.